The summed E-state index contributed by atoms with van der Waals surface area (Å²) in [5.41, 5.74) is 2.24. The minimum Gasteiger partial charge on any atom is -0.383 e. The van der Waals surface area contributed by atoms with Gasteiger partial charge in [-0.25, -0.2) is 4.98 Å². The van der Waals surface area contributed by atoms with Gasteiger partial charge in [-0.1, -0.05) is 12.1 Å². The number of benzene rings is 1. The number of hydrogen-bond donors (Lipinski definition) is 1. The number of ether oxygens (including phenoxy) is 1. The molecule has 92 valence electrons. The molecule has 0 bridgehead atoms. The largest absolute Gasteiger partial charge is 0.383 e. The zero-order valence-corrected chi connectivity index (χ0v) is 10.4. The van der Waals surface area contributed by atoms with Gasteiger partial charge in [0.15, 0.2) is 0 Å². The van der Waals surface area contributed by atoms with Gasteiger partial charge >= 0.3 is 0 Å². The lowest BCUT2D eigenvalue weighted by molar-refractivity contribution is 0.198. The molecule has 1 N–H and O–H groups in total. The standard InChI is InChI=1S/C13H19N3O/c1-11(9-14-7-8-17-2)16-10-15-12-5-3-4-6-13(12)16/h3-6,10-11,14H,7-9H2,1-2H3. The monoisotopic (exact) mass is 233 g/mol. The molecule has 0 aliphatic carbocycles. The van der Waals surface area contributed by atoms with Crippen LogP contribution in [0.4, 0.5) is 0 Å². The Morgan fingerprint density at radius 1 is 1.41 bits per heavy atom. The summed E-state index contributed by atoms with van der Waals surface area (Å²) in [6.45, 7) is 4.74. The summed E-state index contributed by atoms with van der Waals surface area (Å²) in [5, 5.41) is 3.37. The van der Waals surface area contributed by atoms with E-state index in [2.05, 4.69) is 27.9 Å². The lowest BCUT2D eigenvalue weighted by atomic mass is 10.2. The second-order valence-corrected chi connectivity index (χ2v) is 4.19. The Labute approximate surface area is 102 Å². The van der Waals surface area contributed by atoms with Gasteiger partial charge in [0.05, 0.1) is 24.0 Å². The van der Waals surface area contributed by atoms with Crippen molar-refractivity contribution in [1.29, 1.82) is 0 Å². The molecule has 0 fully saturated rings. The fraction of sp³-hybridized carbons (Fsp3) is 0.462. The molecule has 4 heteroatoms. The minimum atomic E-state index is 0.388. The van der Waals surface area contributed by atoms with Crippen molar-refractivity contribution in [3.8, 4) is 0 Å². The molecular weight excluding hydrogens is 214 g/mol. The highest BCUT2D eigenvalue weighted by Gasteiger charge is 2.07. The van der Waals surface area contributed by atoms with Crippen LogP contribution in [0.15, 0.2) is 30.6 Å². The summed E-state index contributed by atoms with van der Waals surface area (Å²) < 4.78 is 7.21. The van der Waals surface area contributed by atoms with Crippen LogP contribution in [0.1, 0.15) is 13.0 Å². The van der Waals surface area contributed by atoms with Crippen molar-refractivity contribution < 1.29 is 4.74 Å². The van der Waals surface area contributed by atoms with Crippen LogP contribution in [-0.4, -0.2) is 36.4 Å². The predicted octanol–water partition coefficient (Wildman–Crippen LogP) is 1.83. The maximum atomic E-state index is 5.00. The summed E-state index contributed by atoms with van der Waals surface area (Å²) in [5.74, 6) is 0. The number of para-hydroxylation sites is 2. The van der Waals surface area contributed by atoms with Crippen molar-refractivity contribution in [2.75, 3.05) is 26.8 Å². The number of fused-ring (bicyclic) bond motifs is 1. The number of rotatable bonds is 6. The van der Waals surface area contributed by atoms with Crippen molar-refractivity contribution in [3.05, 3.63) is 30.6 Å². The van der Waals surface area contributed by atoms with Crippen LogP contribution in [0.2, 0.25) is 0 Å². The second kappa shape index (κ2) is 5.80. The molecule has 1 aromatic heterocycles. The molecule has 2 rings (SSSR count). The van der Waals surface area contributed by atoms with Gasteiger partial charge in [-0.3, -0.25) is 0 Å². The first kappa shape index (κ1) is 12.1. The summed E-state index contributed by atoms with van der Waals surface area (Å²) in [7, 11) is 1.72. The van der Waals surface area contributed by atoms with E-state index in [9.17, 15) is 0 Å². The Bertz CT molecular complexity index is 466. The SMILES string of the molecule is COCCNCC(C)n1cnc2ccccc21. The molecule has 0 radical (unpaired) electrons. The van der Waals surface area contributed by atoms with Crippen molar-refractivity contribution in [2.24, 2.45) is 0 Å². The van der Waals surface area contributed by atoms with Gasteiger partial charge in [0.2, 0.25) is 0 Å². The van der Waals surface area contributed by atoms with Gasteiger partial charge in [-0.15, -0.1) is 0 Å². The van der Waals surface area contributed by atoms with Crippen molar-refractivity contribution >= 4 is 11.0 Å². The van der Waals surface area contributed by atoms with Crippen LogP contribution in [0.5, 0.6) is 0 Å². The molecular formula is C13H19N3O. The Hall–Kier alpha value is -1.39. The average molecular weight is 233 g/mol. The predicted molar refractivity (Wildman–Crippen MR) is 69.2 cm³/mol. The maximum Gasteiger partial charge on any atom is 0.0961 e. The van der Waals surface area contributed by atoms with Crippen LogP contribution < -0.4 is 5.32 Å². The molecule has 0 saturated carbocycles. The highest BCUT2D eigenvalue weighted by molar-refractivity contribution is 5.75. The molecule has 1 heterocycles. The molecule has 0 saturated heterocycles. The Balaban J connectivity index is 2.01. The summed E-state index contributed by atoms with van der Waals surface area (Å²) in [6.07, 6.45) is 1.91. The van der Waals surface area contributed by atoms with E-state index in [-0.39, 0.29) is 0 Å². The average Bonchev–Trinajstić information content (AvgIpc) is 2.78. The summed E-state index contributed by atoms with van der Waals surface area (Å²) in [6, 6.07) is 8.59. The van der Waals surface area contributed by atoms with E-state index in [0.29, 0.717) is 6.04 Å². The number of hydrogen-bond acceptors (Lipinski definition) is 3. The van der Waals surface area contributed by atoms with Crippen LogP contribution in [-0.2, 0) is 4.74 Å². The number of nitrogens with one attached hydrogen (secondary N) is 1. The van der Waals surface area contributed by atoms with Gasteiger partial charge in [0.25, 0.3) is 0 Å². The second-order valence-electron chi connectivity index (χ2n) is 4.19. The highest BCUT2D eigenvalue weighted by atomic mass is 16.5. The Morgan fingerprint density at radius 2 is 2.24 bits per heavy atom. The number of methoxy groups -OCH3 is 1. The van der Waals surface area contributed by atoms with Gasteiger partial charge in [-0.2, -0.15) is 0 Å². The van der Waals surface area contributed by atoms with E-state index in [1.54, 1.807) is 7.11 Å². The third kappa shape index (κ3) is 2.84. The molecule has 1 aromatic carbocycles. The van der Waals surface area contributed by atoms with Crippen LogP contribution in [0, 0.1) is 0 Å². The molecule has 0 amide bonds. The van der Waals surface area contributed by atoms with E-state index in [1.165, 1.54) is 5.52 Å². The van der Waals surface area contributed by atoms with Crippen molar-refractivity contribution in [1.82, 2.24) is 14.9 Å². The van der Waals surface area contributed by atoms with Crippen molar-refractivity contribution in [2.45, 2.75) is 13.0 Å². The maximum absolute atomic E-state index is 5.00. The Morgan fingerprint density at radius 3 is 3.06 bits per heavy atom. The zero-order chi connectivity index (χ0) is 12.1. The fourth-order valence-electron chi connectivity index (χ4n) is 1.91. The molecule has 4 nitrogen and oxygen atoms in total. The van der Waals surface area contributed by atoms with Crippen LogP contribution in [0.25, 0.3) is 11.0 Å². The van der Waals surface area contributed by atoms with E-state index in [1.807, 2.05) is 24.5 Å². The molecule has 0 aliphatic heterocycles. The third-order valence-electron chi connectivity index (χ3n) is 2.88. The molecule has 0 spiro atoms. The molecule has 1 unspecified atom stereocenters. The third-order valence-corrected chi connectivity index (χ3v) is 2.88. The molecule has 0 aliphatic rings. The topological polar surface area (TPSA) is 39.1 Å². The molecule has 17 heavy (non-hydrogen) atoms. The lowest BCUT2D eigenvalue weighted by Gasteiger charge is -2.15. The summed E-state index contributed by atoms with van der Waals surface area (Å²) >= 11 is 0. The first-order valence-electron chi connectivity index (χ1n) is 5.94. The fourth-order valence-corrected chi connectivity index (χ4v) is 1.91. The number of nitrogens with zero attached hydrogens (tertiary/aromatic N) is 2. The first-order chi connectivity index (χ1) is 8.33. The van der Waals surface area contributed by atoms with Gasteiger partial charge in [0, 0.05) is 26.2 Å². The number of imidazole rings is 1. The number of aromatic nitrogens is 2. The Kier molecular flexibility index (Phi) is 4.12. The van der Waals surface area contributed by atoms with Crippen LogP contribution >= 0.6 is 0 Å². The van der Waals surface area contributed by atoms with E-state index in [4.69, 9.17) is 4.74 Å². The molecule has 1 atom stereocenters. The lowest BCUT2D eigenvalue weighted by Crippen LogP contribution is -2.26. The zero-order valence-electron chi connectivity index (χ0n) is 10.4. The first-order valence-corrected chi connectivity index (χ1v) is 5.94. The van der Waals surface area contributed by atoms with E-state index >= 15 is 0 Å². The molecule has 2 aromatic rings. The minimum absolute atomic E-state index is 0.388. The van der Waals surface area contributed by atoms with E-state index in [0.717, 1.165) is 25.2 Å². The van der Waals surface area contributed by atoms with Crippen molar-refractivity contribution in [3.63, 3.8) is 0 Å². The van der Waals surface area contributed by atoms with Gasteiger partial charge < -0.3 is 14.6 Å². The van der Waals surface area contributed by atoms with Gasteiger partial charge in [0.1, 0.15) is 0 Å². The van der Waals surface area contributed by atoms with Crippen LogP contribution in [0.3, 0.4) is 0 Å². The summed E-state index contributed by atoms with van der Waals surface area (Å²) in [4.78, 5) is 4.39. The normalized spacial score (nSPS) is 13.1. The smallest absolute Gasteiger partial charge is 0.0961 e. The van der Waals surface area contributed by atoms with Gasteiger partial charge in [-0.05, 0) is 19.1 Å². The quantitative estimate of drug-likeness (QED) is 0.774. The highest BCUT2D eigenvalue weighted by Crippen LogP contribution is 2.16. The van der Waals surface area contributed by atoms with E-state index < -0.39 is 0 Å².